The maximum absolute atomic E-state index is 12.2. The summed E-state index contributed by atoms with van der Waals surface area (Å²) in [5.41, 5.74) is 1.61. The molecule has 0 bridgehead atoms. The van der Waals surface area contributed by atoms with Gasteiger partial charge in [0.25, 0.3) is 5.91 Å². The van der Waals surface area contributed by atoms with Crippen LogP contribution in [-0.4, -0.2) is 5.91 Å². The van der Waals surface area contributed by atoms with Crippen LogP contribution in [0.1, 0.15) is 28.9 Å². The quantitative estimate of drug-likeness (QED) is 0.716. The van der Waals surface area contributed by atoms with E-state index in [-0.39, 0.29) is 11.9 Å². The lowest BCUT2D eigenvalue weighted by molar-refractivity contribution is 0.0940. The Labute approximate surface area is 139 Å². The van der Waals surface area contributed by atoms with Crippen LogP contribution >= 0.6 is 43.5 Å². The number of carbonyl (C=O) groups is 1. The smallest absolute Gasteiger partial charge is 0.251 e. The maximum atomic E-state index is 12.2. The van der Waals surface area contributed by atoms with Crippen LogP contribution in [0.15, 0.2) is 51.4 Å². The summed E-state index contributed by atoms with van der Waals surface area (Å²) in [5.74, 6) is -0.130. The van der Waals surface area contributed by atoms with Gasteiger partial charge in [-0.3, -0.25) is 4.79 Å². The highest BCUT2D eigenvalue weighted by molar-refractivity contribution is 9.10. The second-order valence-corrected chi connectivity index (χ2v) is 6.56. The molecule has 5 heteroatoms. The number of carbonyl (C=O) groups excluding carboxylic acids is 1. The average Bonchev–Trinajstić information content (AvgIpc) is 2.41. The molecule has 1 N–H and O–H groups in total. The van der Waals surface area contributed by atoms with E-state index in [4.69, 9.17) is 11.6 Å². The van der Waals surface area contributed by atoms with Crippen molar-refractivity contribution in [2.75, 3.05) is 0 Å². The Morgan fingerprint density at radius 1 is 1.20 bits per heavy atom. The molecule has 0 radical (unpaired) electrons. The van der Waals surface area contributed by atoms with Crippen molar-refractivity contribution >= 4 is 49.4 Å². The SMILES string of the molecule is CC(NC(=O)c1ccc(Cl)c(Br)c1)c1cccc(Br)c1. The van der Waals surface area contributed by atoms with Crippen molar-refractivity contribution in [2.24, 2.45) is 0 Å². The zero-order valence-electron chi connectivity index (χ0n) is 10.7. The molecule has 1 amide bonds. The van der Waals surface area contributed by atoms with Gasteiger partial charge in [0.1, 0.15) is 0 Å². The first-order valence-corrected chi connectivity index (χ1v) is 7.95. The lowest BCUT2D eigenvalue weighted by Crippen LogP contribution is -2.26. The fourth-order valence-electron chi connectivity index (χ4n) is 1.78. The molecule has 0 aliphatic carbocycles. The molecule has 0 aliphatic heterocycles. The second kappa shape index (κ2) is 6.74. The van der Waals surface area contributed by atoms with Crippen LogP contribution in [0.4, 0.5) is 0 Å². The Kier molecular flexibility index (Phi) is 5.24. The Hall–Kier alpha value is -0.840. The van der Waals surface area contributed by atoms with Gasteiger partial charge in [-0.05, 0) is 58.7 Å². The van der Waals surface area contributed by atoms with Crippen LogP contribution in [0.3, 0.4) is 0 Å². The third-order valence-electron chi connectivity index (χ3n) is 2.88. The maximum Gasteiger partial charge on any atom is 0.251 e. The number of rotatable bonds is 3. The normalized spacial score (nSPS) is 12.0. The van der Waals surface area contributed by atoms with E-state index in [1.165, 1.54) is 0 Å². The third-order valence-corrected chi connectivity index (χ3v) is 4.59. The summed E-state index contributed by atoms with van der Waals surface area (Å²) in [6.07, 6.45) is 0. The van der Waals surface area contributed by atoms with E-state index in [1.807, 2.05) is 31.2 Å². The average molecular weight is 418 g/mol. The van der Waals surface area contributed by atoms with Crippen molar-refractivity contribution in [3.63, 3.8) is 0 Å². The summed E-state index contributed by atoms with van der Waals surface area (Å²) < 4.78 is 1.70. The molecule has 2 rings (SSSR count). The third kappa shape index (κ3) is 3.84. The number of benzene rings is 2. The first-order chi connectivity index (χ1) is 9.47. The van der Waals surface area contributed by atoms with Crippen molar-refractivity contribution in [1.29, 1.82) is 0 Å². The van der Waals surface area contributed by atoms with Crippen molar-refractivity contribution in [1.82, 2.24) is 5.32 Å². The van der Waals surface area contributed by atoms with Crippen molar-refractivity contribution < 1.29 is 4.79 Å². The predicted octanol–water partition coefficient (Wildman–Crippen LogP) is 5.36. The molecule has 0 saturated carbocycles. The van der Waals surface area contributed by atoms with Crippen LogP contribution in [0.25, 0.3) is 0 Å². The molecule has 1 atom stereocenters. The Balaban J connectivity index is 2.13. The van der Waals surface area contributed by atoms with E-state index in [1.54, 1.807) is 18.2 Å². The zero-order chi connectivity index (χ0) is 14.7. The molecule has 0 aliphatic rings. The van der Waals surface area contributed by atoms with Gasteiger partial charge in [0.15, 0.2) is 0 Å². The summed E-state index contributed by atoms with van der Waals surface area (Å²) in [7, 11) is 0. The Morgan fingerprint density at radius 3 is 2.60 bits per heavy atom. The highest BCUT2D eigenvalue weighted by Gasteiger charge is 2.12. The molecule has 2 nitrogen and oxygen atoms in total. The first kappa shape index (κ1) is 15.5. The lowest BCUT2D eigenvalue weighted by Gasteiger charge is -2.15. The molecular weight excluding hydrogens is 405 g/mol. The minimum Gasteiger partial charge on any atom is -0.346 e. The standard InChI is InChI=1S/C15H12Br2ClNO/c1-9(10-3-2-4-12(16)7-10)19-15(20)11-5-6-14(18)13(17)8-11/h2-9H,1H3,(H,19,20). The van der Waals surface area contributed by atoms with E-state index in [0.29, 0.717) is 15.1 Å². The number of halogens is 3. The van der Waals surface area contributed by atoms with Gasteiger partial charge in [0.2, 0.25) is 0 Å². The fraction of sp³-hybridized carbons (Fsp3) is 0.133. The summed E-state index contributed by atoms with van der Waals surface area (Å²) >= 11 is 12.7. The molecule has 2 aromatic carbocycles. The molecule has 2 aromatic rings. The largest absolute Gasteiger partial charge is 0.346 e. The summed E-state index contributed by atoms with van der Waals surface area (Å²) in [6, 6.07) is 12.9. The van der Waals surface area contributed by atoms with Gasteiger partial charge in [-0.25, -0.2) is 0 Å². The van der Waals surface area contributed by atoms with Crippen LogP contribution in [0.2, 0.25) is 5.02 Å². The van der Waals surface area contributed by atoms with Gasteiger partial charge in [0.05, 0.1) is 11.1 Å². The highest BCUT2D eigenvalue weighted by atomic mass is 79.9. The monoisotopic (exact) mass is 415 g/mol. The van der Waals surface area contributed by atoms with Gasteiger partial charge in [-0.15, -0.1) is 0 Å². The molecule has 104 valence electrons. The number of hydrogen-bond acceptors (Lipinski definition) is 1. The molecule has 0 fully saturated rings. The second-order valence-electron chi connectivity index (χ2n) is 4.38. The number of nitrogens with one attached hydrogen (secondary N) is 1. The molecule has 0 heterocycles. The van der Waals surface area contributed by atoms with Crippen molar-refractivity contribution in [2.45, 2.75) is 13.0 Å². The molecule has 0 saturated heterocycles. The molecule has 0 spiro atoms. The highest BCUT2D eigenvalue weighted by Crippen LogP contribution is 2.24. The molecule has 1 unspecified atom stereocenters. The minimum atomic E-state index is -0.130. The summed E-state index contributed by atoms with van der Waals surface area (Å²) in [6.45, 7) is 1.95. The summed E-state index contributed by atoms with van der Waals surface area (Å²) in [4.78, 5) is 12.2. The van der Waals surface area contributed by atoms with E-state index in [9.17, 15) is 4.79 Å². The van der Waals surface area contributed by atoms with Gasteiger partial charge in [-0.1, -0.05) is 39.7 Å². The van der Waals surface area contributed by atoms with E-state index in [0.717, 1.165) is 10.0 Å². The molecule has 20 heavy (non-hydrogen) atoms. The van der Waals surface area contributed by atoms with Gasteiger partial charge in [0, 0.05) is 14.5 Å². The van der Waals surface area contributed by atoms with E-state index < -0.39 is 0 Å². The van der Waals surface area contributed by atoms with Crippen LogP contribution in [0.5, 0.6) is 0 Å². The molecule has 0 aromatic heterocycles. The van der Waals surface area contributed by atoms with Crippen molar-refractivity contribution in [3.8, 4) is 0 Å². The van der Waals surface area contributed by atoms with Crippen LogP contribution < -0.4 is 5.32 Å². The first-order valence-electron chi connectivity index (χ1n) is 5.99. The van der Waals surface area contributed by atoms with Crippen molar-refractivity contribution in [3.05, 3.63) is 67.6 Å². The Morgan fingerprint density at radius 2 is 1.95 bits per heavy atom. The topological polar surface area (TPSA) is 29.1 Å². The number of amides is 1. The minimum absolute atomic E-state index is 0.0746. The van der Waals surface area contributed by atoms with Crippen LogP contribution in [-0.2, 0) is 0 Å². The Bertz CT molecular complexity index is 646. The zero-order valence-corrected chi connectivity index (χ0v) is 14.6. The van der Waals surface area contributed by atoms with Gasteiger partial charge < -0.3 is 5.32 Å². The van der Waals surface area contributed by atoms with Crippen LogP contribution in [0, 0.1) is 0 Å². The number of hydrogen-bond donors (Lipinski definition) is 1. The van der Waals surface area contributed by atoms with Gasteiger partial charge >= 0.3 is 0 Å². The van der Waals surface area contributed by atoms with E-state index >= 15 is 0 Å². The van der Waals surface area contributed by atoms with E-state index in [2.05, 4.69) is 37.2 Å². The van der Waals surface area contributed by atoms with Gasteiger partial charge in [-0.2, -0.15) is 0 Å². The lowest BCUT2D eigenvalue weighted by atomic mass is 10.1. The predicted molar refractivity (Wildman–Crippen MR) is 89.2 cm³/mol. The molecular formula is C15H12Br2ClNO. The summed E-state index contributed by atoms with van der Waals surface area (Å²) in [5, 5.41) is 3.55. The fourth-order valence-corrected chi connectivity index (χ4v) is 2.69.